The minimum atomic E-state index is 0.0539. The number of nitrogens with zero attached hydrogens (tertiary/aromatic N) is 1. The molecule has 0 saturated carbocycles. The number of rotatable bonds is 6. The first-order chi connectivity index (χ1) is 12.1. The van der Waals surface area contributed by atoms with Crippen LogP contribution in [0.25, 0.3) is 0 Å². The van der Waals surface area contributed by atoms with Gasteiger partial charge in [0, 0.05) is 36.6 Å². The molecule has 2 aromatic rings. The Morgan fingerprint density at radius 1 is 1.32 bits per heavy atom. The topological polar surface area (TPSA) is 41.6 Å². The maximum atomic E-state index is 12.1. The van der Waals surface area contributed by atoms with Crippen LogP contribution in [0.1, 0.15) is 42.6 Å². The minimum absolute atomic E-state index is 0.0539. The van der Waals surface area contributed by atoms with Crippen molar-refractivity contribution in [2.75, 3.05) is 13.1 Å². The summed E-state index contributed by atoms with van der Waals surface area (Å²) >= 11 is 1.56. The highest BCUT2D eigenvalue weighted by Gasteiger charge is 2.21. The molecule has 25 heavy (non-hydrogen) atoms. The van der Waals surface area contributed by atoms with Crippen molar-refractivity contribution in [3.8, 4) is 5.75 Å². The van der Waals surface area contributed by atoms with Gasteiger partial charge in [0.1, 0.15) is 5.75 Å². The molecule has 0 bridgehead atoms. The summed E-state index contributed by atoms with van der Waals surface area (Å²) in [7, 11) is 0. The summed E-state index contributed by atoms with van der Waals surface area (Å²) in [6.07, 6.45) is 2.19. The molecule has 0 unspecified atom stereocenters. The molecule has 134 valence electrons. The first-order valence-electron chi connectivity index (χ1n) is 8.91. The van der Waals surface area contributed by atoms with Crippen molar-refractivity contribution in [1.29, 1.82) is 0 Å². The Balaban J connectivity index is 1.47. The van der Waals surface area contributed by atoms with Crippen LogP contribution >= 0.6 is 11.3 Å². The predicted octanol–water partition coefficient (Wildman–Crippen LogP) is 3.93. The molecule has 1 fully saturated rings. The summed E-state index contributed by atoms with van der Waals surface area (Å²) in [5, 5.41) is 7.00. The molecule has 1 aliphatic heterocycles. The van der Waals surface area contributed by atoms with Crippen molar-refractivity contribution in [1.82, 2.24) is 10.2 Å². The van der Waals surface area contributed by atoms with E-state index >= 15 is 0 Å². The van der Waals surface area contributed by atoms with Crippen LogP contribution in [0, 0.1) is 0 Å². The van der Waals surface area contributed by atoms with Crippen molar-refractivity contribution >= 4 is 17.2 Å². The van der Waals surface area contributed by atoms with Crippen LogP contribution in [0.5, 0.6) is 5.75 Å². The fourth-order valence-corrected chi connectivity index (χ4v) is 3.78. The van der Waals surface area contributed by atoms with E-state index in [1.165, 1.54) is 5.56 Å². The molecule has 1 saturated heterocycles. The average Bonchev–Trinajstić information content (AvgIpc) is 3.11. The highest BCUT2D eigenvalue weighted by Crippen LogP contribution is 2.19. The van der Waals surface area contributed by atoms with Gasteiger partial charge in [-0.1, -0.05) is 12.1 Å². The van der Waals surface area contributed by atoms with Crippen LogP contribution in [0.2, 0.25) is 0 Å². The fourth-order valence-electron chi connectivity index (χ4n) is 3.15. The molecule has 0 aliphatic carbocycles. The van der Waals surface area contributed by atoms with Gasteiger partial charge in [0.15, 0.2) is 0 Å². The Morgan fingerprint density at radius 2 is 2.12 bits per heavy atom. The molecule has 2 heterocycles. The normalized spacial score (nSPS) is 16.1. The zero-order chi connectivity index (χ0) is 17.6. The number of ether oxygens (including phenoxy) is 1. The number of carbonyl (C=O) groups excluding carboxylic acids is 1. The lowest BCUT2D eigenvalue weighted by atomic mass is 10.0. The van der Waals surface area contributed by atoms with Gasteiger partial charge in [0.05, 0.1) is 6.10 Å². The predicted molar refractivity (Wildman–Crippen MR) is 102 cm³/mol. The molecular weight excluding hydrogens is 332 g/mol. The molecule has 0 spiro atoms. The minimum Gasteiger partial charge on any atom is -0.491 e. The van der Waals surface area contributed by atoms with Gasteiger partial charge in [-0.2, -0.15) is 11.3 Å². The Bertz CT molecular complexity index is 677. The molecule has 0 radical (unpaired) electrons. The van der Waals surface area contributed by atoms with Crippen molar-refractivity contribution in [3.05, 3.63) is 52.2 Å². The van der Waals surface area contributed by atoms with Crippen LogP contribution in [0.3, 0.4) is 0 Å². The number of hydrogen-bond donors (Lipinski definition) is 1. The summed E-state index contributed by atoms with van der Waals surface area (Å²) in [5.74, 6) is 0.989. The van der Waals surface area contributed by atoms with Gasteiger partial charge in [-0.05, 0) is 55.8 Å². The maximum absolute atomic E-state index is 12.1. The van der Waals surface area contributed by atoms with E-state index in [-0.39, 0.29) is 18.1 Å². The van der Waals surface area contributed by atoms with Gasteiger partial charge >= 0.3 is 0 Å². The number of piperidine rings is 1. The maximum Gasteiger partial charge on any atom is 0.252 e. The summed E-state index contributed by atoms with van der Waals surface area (Å²) in [6, 6.07) is 10.5. The van der Waals surface area contributed by atoms with E-state index in [1.54, 1.807) is 11.3 Å². The van der Waals surface area contributed by atoms with Gasteiger partial charge in [-0.15, -0.1) is 0 Å². The first kappa shape index (κ1) is 18.0. The van der Waals surface area contributed by atoms with E-state index < -0.39 is 0 Å². The summed E-state index contributed by atoms with van der Waals surface area (Å²) in [6.45, 7) is 7.03. The second-order valence-corrected chi connectivity index (χ2v) is 7.63. The van der Waals surface area contributed by atoms with Gasteiger partial charge in [0.2, 0.25) is 0 Å². The third kappa shape index (κ3) is 5.31. The molecule has 1 amide bonds. The van der Waals surface area contributed by atoms with Crippen LogP contribution in [-0.2, 0) is 6.54 Å². The molecule has 3 rings (SSSR count). The van der Waals surface area contributed by atoms with Crippen molar-refractivity contribution in [2.24, 2.45) is 0 Å². The Kier molecular flexibility index (Phi) is 6.10. The van der Waals surface area contributed by atoms with E-state index in [9.17, 15) is 4.79 Å². The van der Waals surface area contributed by atoms with E-state index in [0.29, 0.717) is 0 Å². The van der Waals surface area contributed by atoms with E-state index in [1.807, 2.05) is 36.7 Å². The first-order valence-corrected chi connectivity index (χ1v) is 9.85. The van der Waals surface area contributed by atoms with Gasteiger partial charge in [0.25, 0.3) is 5.91 Å². The largest absolute Gasteiger partial charge is 0.491 e. The number of likely N-dealkylation sites (tertiary alicyclic amines) is 1. The second kappa shape index (κ2) is 8.50. The fraction of sp³-hybridized carbons (Fsp3) is 0.450. The third-order valence-electron chi connectivity index (χ3n) is 4.38. The third-order valence-corrected chi connectivity index (χ3v) is 5.07. The Hall–Kier alpha value is -1.85. The number of carbonyl (C=O) groups is 1. The standard InChI is InChI=1S/C20H26N2O2S/c1-15(2)24-19-5-3-4-16(12-19)13-22-9-6-18(7-10-22)21-20(23)17-8-11-25-14-17/h3-5,8,11-12,14-15,18H,6-7,9-10,13H2,1-2H3,(H,21,23). The zero-order valence-corrected chi connectivity index (χ0v) is 15.7. The molecule has 0 atom stereocenters. The second-order valence-electron chi connectivity index (χ2n) is 6.85. The van der Waals surface area contributed by atoms with E-state index in [4.69, 9.17) is 4.74 Å². The Morgan fingerprint density at radius 3 is 2.80 bits per heavy atom. The van der Waals surface area contributed by atoms with Crippen LogP contribution < -0.4 is 10.1 Å². The summed E-state index contributed by atoms with van der Waals surface area (Å²) < 4.78 is 5.78. The molecule has 4 nitrogen and oxygen atoms in total. The highest BCUT2D eigenvalue weighted by atomic mass is 32.1. The lowest BCUT2D eigenvalue weighted by Crippen LogP contribution is -2.44. The highest BCUT2D eigenvalue weighted by molar-refractivity contribution is 7.08. The SMILES string of the molecule is CC(C)Oc1cccc(CN2CCC(NC(=O)c3ccsc3)CC2)c1. The van der Waals surface area contributed by atoms with Gasteiger partial charge < -0.3 is 10.1 Å². The lowest BCUT2D eigenvalue weighted by molar-refractivity contribution is 0.0909. The molecule has 1 aliphatic rings. The number of nitrogens with one attached hydrogen (secondary N) is 1. The van der Waals surface area contributed by atoms with E-state index in [2.05, 4.69) is 28.4 Å². The van der Waals surface area contributed by atoms with Crippen LogP contribution in [-0.4, -0.2) is 36.0 Å². The molecule has 5 heteroatoms. The van der Waals surface area contributed by atoms with Crippen LogP contribution in [0.15, 0.2) is 41.1 Å². The number of amides is 1. The summed E-state index contributed by atoms with van der Waals surface area (Å²) in [4.78, 5) is 14.6. The smallest absolute Gasteiger partial charge is 0.252 e. The van der Waals surface area contributed by atoms with Gasteiger partial charge in [-0.25, -0.2) is 0 Å². The molecule has 1 aromatic heterocycles. The quantitative estimate of drug-likeness (QED) is 0.851. The monoisotopic (exact) mass is 358 g/mol. The number of hydrogen-bond acceptors (Lipinski definition) is 4. The van der Waals surface area contributed by atoms with Crippen molar-refractivity contribution in [2.45, 2.75) is 45.4 Å². The van der Waals surface area contributed by atoms with E-state index in [0.717, 1.165) is 43.8 Å². The zero-order valence-electron chi connectivity index (χ0n) is 14.9. The molecule has 1 N–H and O–H groups in total. The van der Waals surface area contributed by atoms with Crippen molar-refractivity contribution < 1.29 is 9.53 Å². The lowest BCUT2D eigenvalue weighted by Gasteiger charge is -2.32. The van der Waals surface area contributed by atoms with Crippen molar-refractivity contribution in [3.63, 3.8) is 0 Å². The number of thiophene rings is 1. The summed E-state index contributed by atoms with van der Waals surface area (Å²) in [5.41, 5.74) is 2.05. The molecular formula is C20H26N2O2S. The Labute approximate surface area is 153 Å². The number of benzene rings is 1. The van der Waals surface area contributed by atoms with Gasteiger partial charge in [-0.3, -0.25) is 9.69 Å². The van der Waals surface area contributed by atoms with Crippen LogP contribution in [0.4, 0.5) is 0 Å². The molecule has 1 aromatic carbocycles. The average molecular weight is 359 g/mol.